The SMILES string of the molecule is CC(C)(C)c1cc2c3c(c1)N(c1ccccc1)c1ccc(-c4nc5ccccc5s4)cc1B3c1cc(Oc3ccccn3)ccc1N2c1ccccc1. The van der Waals surface area contributed by atoms with E-state index in [1.54, 1.807) is 17.5 Å². The number of hydrogen-bond donors (Lipinski definition) is 0. The van der Waals surface area contributed by atoms with Gasteiger partial charge in [-0.1, -0.05) is 81.4 Å². The van der Waals surface area contributed by atoms with Gasteiger partial charge in [0.1, 0.15) is 10.8 Å². The van der Waals surface area contributed by atoms with Gasteiger partial charge in [-0.3, -0.25) is 0 Å². The quantitative estimate of drug-likeness (QED) is 0.167. The van der Waals surface area contributed by atoms with Crippen molar-refractivity contribution in [1.82, 2.24) is 9.97 Å². The van der Waals surface area contributed by atoms with Gasteiger partial charge in [0.25, 0.3) is 6.71 Å². The minimum absolute atomic E-state index is 0.0828. The van der Waals surface area contributed by atoms with Crippen molar-refractivity contribution in [3.05, 3.63) is 163 Å². The zero-order chi connectivity index (χ0) is 35.7. The summed E-state index contributed by atoms with van der Waals surface area (Å²) >= 11 is 1.74. The summed E-state index contributed by atoms with van der Waals surface area (Å²) in [5.41, 5.74) is 13.9. The Morgan fingerprint density at radius 1 is 0.604 bits per heavy atom. The summed E-state index contributed by atoms with van der Waals surface area (Å²) in [5, 5.41) is 1.02. The van der Waals surface area contributed by atoms with Crippen LogP contribution in [-0.2, 0) is 5.41 Å². The lowest BCUT2D eigenvalue weighted by atomic mass is 9.33. The predicted octanol–water partition coefficient (Wildman–Crippen LogP) is 10.5. The number of thiazole rings is 1. The summed E-state index contributed by atoms with van der Waals surface area (Å²) < 4.78 is 7.62. The van der Waals surface area contributed by atoms with E-state index in [-0.39, 0.29) is 12.1 Å². The molecule has 0 fully saturated rings. The molecular weight excluding hydrogens is 667 g/mol. The van der Waals surface area contributed by atoms with Crippen molar-refractivity contribution in [2.75, 3.05) is 9.80 Å². The number of aromatic nitrogens is 2. The average Bonchev–Trinajstić information content (AvgIpc) is 3.63. The van der Waals surface area contributed by atoms with Crippen molar-refractivity contribution in [3.63, 3.8) is 0 Å². The summed E-state index contributed by atoms with van der Waals surface area (Å²) in [5.74, 6) is 1.32. The number of ether oxygens (including phenoxy) is 1. The third kappa shape index (κ3) is 5.30. The molecule has 0 unspecified atom stereocenters. The lowest BCUT2D eigenvalue weighted by Crippen LogP contribution is -2.61. The zero-order valence-electron chi connectivity index (χ0n) is 29.7. The maximum atomic E-state index is 6.44. The van der Waals surface area contributed by atoms with Crippen LogP contribution < -0.4 is 30.9 Å². The van der Waals surface area contributed by atoms with E-state index in [1.807, 2.05) is 18.2 Å². The van der Waals surface area contributed by atoms with Gasteiger partial charge < -0.3 is 14.5 Å². The molecule has 254 valence electrons. The highest BCUT2D eigenvalue weighted by Gasteiger charge is 2.44. The number of anilines is 6. The van der Waals surface area contributed by atoms with E-state index in [4.69, 9.17) is 9.72 Å². The minimum Gasteiger partial charge on any atom is -0.439 e. The van der Waals surface area contributed by atoms with Gasteiger partial charge in [0.05, 0.1) is 10.2 Å². The molecule has 2 aliphatic rings. The standard InChI is InChI=1S/C46H35BN4OS/c1-46(2,3)31-27-40-44-41(28-31)51(33-16-8-5-9-17-33)39-24-22-34(52-43-20-12-13-25-48-43)29-36(39)47(44)35-26-30(45-49-37-18-10-11-19-42(37)53-45)21-23-38(35)50(40)32-14-6-4-7-15-32/h4-29H,1-3H3. The second-order valence-electron chi connectivity index (χ2n) is 14.7. The number of fused-ring (bicyclic) bond motifs is 5. The van der Waals surface area contributed by atoms with Crippen molar-refractivity contribution >= 4 is 78.8 Å². The van der Waals surface area contributed by atoms with Gasteiger partial charge in [0.15, 0.2) is 0 Å². The number of rotatable bonds is 5. The molecule has 0 saturated heterocycles. The van der Waals surface area contributed by atoms with Gasteiger partial charge in [0, 0.05) is 52.0 Å². The van der Waals surface area contributed by atoms with Crippen molar-refractivity contribution in [1.29, 1.82) is 0 Å². The fraction of sp³-hybridized carbons (Fsp3) is 0.0870. The van der Waals surface area contributed by atoms with Crippen LogP contribution in [0.5, 0.6) is 11.6 Å². The van der Waals surface area contributed by atoms with Crippen LogP contribution in [0.3, 0.4) is 0 Å². The normalized spacial score (nSPS) is 13.1. The van der Waals surface area contributed by atoms with Crippen LogP contribution in [-0.4, -0.2) is 16.7 Å². The molecule has 6 aromatic carbocycles. The molecule has 8 aromatic rings. The van der Waals surface area contributed by atoms with Crippen LogP contribution in [0.25, 0.3) is 20.8 Å². The van der Waals surface area contributed by atoms with Crippen LogP contribution in [0.4, 0.5) is 34.1 Å². The molecule has 2 aromatic heterocycles. The zero-order valence-corrected chi connectivity index (χ0v) is 30.5. The Bertz CT molecular complexity index is 2610. The molecule has 0 saturated carbocycles. The molecule has 0 radical (unpaired) electrons. The van der Waals surface area contributed by atoms with Gasteiger partial charge in [-0.25, -0.2) is 9.97 Å². The Hall–Kier alpha value is -6.18. The molecule has 0 aliphatic carbocycles. The third-order valence-corrected chi connectivity index (χ3v) is 11.4. The summed E-state index contributed by atoms with van der Waals surface area (Å²) in [4.78, 5) is 14.5. The first-order chi connectivity index (χ1) is 25.9. The average molecular weight is 703 g/mol. The van der Waals surface area contributed by atoms with Crippen molar-refractivity contribution < 1.29 is 4.74 Å². The van der Waals surface area contributed by atoms with Crippen LogP contribution in [0, 0.1) is 0 Å². The fourth-order valence-electron chi connectivity index (χ4n) is 7.85. The molecule has 0 atom stereocenters. The van der Waals surface area contributed by atoms with Gasteiger partial charge in [-0.05, 0) is 112 Å². The van der Waals surface area contributed by atoms with Crippen LogP contribution in [0.1, 0.15) is 26.3 Å². The van der Waals surface area contributed by atoms with Crippen molar-refractivity contribution in [2.24, 2.45) is 0 Å². The summed E-state index contributed by atoms with van der Waals surface area (Å²) in [7, 11) is 0. The van der Waals surface area contributed by atoms with Crippen molar-refractivity contribution in [3.8, 4) is 22.2 Å². The van der Waals surface area contributed by atoms with E-state index >= 15 is 0 Å². The van der Waals surface area contributed by atoms with Gasteiger partial charge in [0.2, 0.25) is 5.88 Å². The summed E-state index contributed by atoms with van der Waals surface area (Å²) in [6.07, 6.45) is 1.76. The molecule has 2 aliphatic heterocycles. The van der Waals surface area contributed by atoms with Crippen LogP contribution in [0.2, 0.25) is 0 Å². The molecule has 4 heterocycles. The second-order valence-corrected chi connectivity index (χ2v) is 15.7. The number of pyridine rings is 1. The predicted molar refractivity (Wildman–Crippen MR) is 222 cm³/mol. The van der Waals surface area contributed by atoms with E-state index in [9.17, 15) is 0 Å². The largest absolute Gasteiger partial charge is 0.439 e. The first-order valence-corrected chi connectivity index (χ1v) is 18.8. The highest BCUT2D eigenvalue weighted by atomic mass is 32.1. The van der Waals surface area contributed by atoms with Crippen molar-refractivity contribution in [2.45, 2.75) is 26.2 Å². The van der Waals surface area contributed by atoms with E-state index in [2.05, 4.69) is 169 Å². The maximum Gasteiger partial charge on any atom is 0.252 e. The lowest BCUT2D eigenvalue weighted by Gasteiger charge is -2.45. The van der Waals surface area contributed by atoms with Crippen LogP contribution >= 0.6 is 11.3 Å². The number of benzene rings is 6. The Morgan fingerprint density at radius 3 is 1.87 bits per heavy atom. The lowest BCUT2D eigenvalue weighted by molar-refractivity contribution is 0.463. The Balaban J connectivity index is 1.29. The van der Waals surface area contributed by atoms with E-state index < -0.39 is 0 Å². The minimum atomic E-state index is -0.0939. The summed E-state index contributed by atoms with van der Waals surface area (Å²) in [6.45, 7) is 6.83. The molecule has 0 spiro atoms. The number of para-hydroxylation sites is 3. The van der Waals surface area contributed by atoms with Crippen LogP contribution in [0.15, 0.2) is 158 Å². The molecule has 7 heteroatoms. The summed E-state index contributed by atoms with van der Waals surface area (Å²) in [6, 6.07) is 53.9. The van der Waals surface area contributed by atoms with Gasteiger partial charge in [-0.2, -0.15) is 0 Å². The molecule has 5 nitrogen and oxygen atoms in total. The first kappa shape index (κ1) is 31.6. The number of nitrogens with zero attached hydrogens (tertiary/aromatic N) is 4. The van der Waals surface area contributed by atoms with Gasteiger partial charge >= 0.3 is 0 Å². The van der Waals surface area contributed by atoms with Gasteiger partial charge in [-0.15, -0.1) is 11.3 Å². The highest BCUT2D eigenvalue weighted by molar-refractivity contribution is 7.21. The molecule has 0 bridgehead atoms. The van der Waals surface area contributed by atoms with E-state index in [1.165, 1.54) is 38.0 Å². The molecular formula is C46H35BN4OS. The van der Waals surface area contributed by atoms with E-state index in [0.717, 1.165) is 44.6 Å². The third-order valence-electron chi connectivity index (χ3n) is 10.3. The highest BCUT2D eigenvalue weighted by Crippen LogP contribution is 2.47. The first-order valence-electron chi connectivity index (χ1n) is 18.0. The number of hydrogen-bond acceptors (Lipinski definition) is 6. The Morgan fingerprint density at radius 2 is 1.23 bits per heavy atom. The second kappa shape index (κ2) is 12.2. The topological polar surface area (TPSA) is 41.5 Å². The fourth-order valence-corrected chi connectivity index (χ4v) is 8.81. The Labute approximate surface area is 313 Å². The molecule has 0 amide bonds. The smallest absolute Gasteiger partial charge is 0.252 e. The molecule has 0 N–H and O–H groups in total. The monoisotopic (exact) mass is 702 g/mol. The molecule has 10 rings (SSSR count). The molecule has 53 heavy (non-hydrogen) atoms. The maximum absolute atomic E-state index is 6.44. The Kier molecular flexibility index (Phi) is 7.27. The van der Waals surface area contributed by atoms with E-state index in [0.29, 0.717) is 5.88 Å².